The second kappa shape index (κ2) is 10.2. The second-order valence-electron chi connectivity index (χ2n) is 6.31. The number of methoxy groups -OCH3 is 3. The number of fused-ring (bicyclic) bond motifs is 1. The van der Waals surface area contributed by atoms with Crippen LogP contribution in [0.1, 0.15) is 11.1 Å². The number of nitro benzene ring substituents is 3. The van der Waals surface area contributed by atoms with E-state index in [0.717, 1.165) is 31.0 Å². The minimum absolute atomic E-state index is 0.447. The molecule has 0 saturated carbocycles. The lowest BCUT2D eigenvalue weighted by Crippen LogP contribution is -2.24. The van der Waals surface area contributed by atoms with Gasteiger partial charge in [0, 0.05) is 12.1 Å². The van der Waals surface area contributed by atoms with E-state index in [1.54, 1.807) is 21.3 Å². The molecule has 2 aromatic carbocycles. The summed E-state index contributed by atoms with van der Waals surface area (Å²) in [5.74, 6) is 0.983. The van der Waals surface area contributed by atoms with Gasteiger partial charge in [0.05, 0.1) is 48.2 Å². The molecule has 14 nitrogen and oxygen atoms in total. The zero-order valence-electron chi connectivity index (χ0n) is 17.3. The lowest BCUT2D eigenvalue weighted by atomic mass is 9.99. The molecule has 0 spiro atoms. The molecule has 0 fully saturated rings. The number of rotatable bonds is 6. The molecule has 0 saturated heterocycles. The molecule has 32 heavy (non-hydrogen) atoms. The van der Waals surface area contributed by atoms with E-state index in [-0.39, 0.29) is 0 Å². The van der Waals surface area contributed by atoms with E-state index in [0.29, 0.717) is 17.9 Å². The maximum Gasteiger partial charge on any atom is 0.324 e. The maximum absolute atomic E-state index is 10.4. The topological polar surface area (TPSA) is 189 Å². The van der Waals surface area contributed by atoms with Gasteiger partial charge in [-0.25, -0.2) is 0 Å². The van der Waals surface area contributed by atoms with E-state index in [1.807, 2.05) is 6.07 Å². The molecule has 3 rings (SSSR count). The summed E-state index contributed by atoms with van der Waals surface area (Å²) in [6.45, 7) is 1.81. The molecule has 0 aromatic heterocycles. The first kappa shape index (κ1) is 24.1. The summed E-state index contributed by atoms with van der Waals surface area (Å²) in [6, 6.07) is 2.93. The standard InChI is InChI=1S/C12H17NO3.C6H3N3O7/c1-14-10-6-8-4-5-13-7-9(8)11(15-2)12(10)16-3;10-6-4(8(13)14)1-3(7(11)12)2-5(6)9(15)16/h6,13H,4-5,7H2,1-3H3;1-2,10H. The van der Waals surface area contributed by atoms with Crippen LogP contribution in [0.5, 0.6) is 23.0 Å². The largest absolute Gasteiger partial charge is 0.497 e. The summed E-state index contributed by atoms with van der Waals surface area (Å²) in [5.41, 5.74) is -0.558. The first-order valence-corrected chi connectivity index (χ1v) is 8.97. The maximum atomic E-state index is 10.4. The highest BCUT2D eigenvalue weighted by Gasteiger charge is 2.30. The van der Waals surface area contributed by atoms with Gasteiger partial charge in [-0.15, -0.1) is 0 Å². The van der Waals surface area contributed by atoms with Crippen molar-refractivity contribution in [2.24, 2.45) is 0 Å². The van der Waals surface area contributed by atoms with Crippen molar-refractivity contribution in [3.8, 4) is 23.0 Å². The number of aromatic hydroxyl groups is 1. The zero-order valence-corrected chi connectivity index (χ0v) is 17.3. The SMILES string of the molecule is COc1cc2c(c(OC)c1OC)CNCC2.O=[N+]([O-])c1cc([N+](=O)[O-])c(O)c([N+](=O)[O-])c1. The zero-order chi connectivity index (χ0) is 24.0. The van der Waals surface area contributed by atoms with Crippen molar-refractivity contribution in [1.82, 2.24) is 5.32 Å². The highest BCUT2D eigenvalue weighted by Crippen LogP contribution is 2.43. The molecule has 2 N–H and O–H groups in total. The third-order valence-electron chi connectivity index (χ3n) is 4.56. The smallest absolute Gasteiger partial charge is 0.324 e. The number of phenols is 1. The van der Waals surface area contributed by atoms with Crippen molar-refractivity contribution in [2.45, 2.75) is 13.0 Å². The molecule has 0 radical (unpaired) electrons. The Labute approximate surface area is 180 Å². The molecule has 2 aromatic rings. The minimum Gasteiger partial charge on any atom is -0.497 e. The van der Waals surface area contributed by atoms with Gasteiger partial charge in [-0.1, -0.05) is 0 Å². The number of ether oxygens (including phenoxy) is 3. The molecule has 1 heterocycles. The minimum atomic E-state index is -1.21. The third kappa shape index (κ3) is 4.92. The fourth-order valence-corrected chi connectivity index (χ4v) is 3.09. The van der Waals surface area contributed by atoms with Crippen LogP contribution in [0.2, 0.25) is 0 Å². The Morgan fingerprint density at radius 2 is 1.44 bits per heavy atom. The predicted octanol–water partition coefficient (Wildman–Crippen LogP) is 2.47. The number of hydrogen-bond donors (Lipinski definition) is 2. The second-order valence-corrected chi connectivity index (χ2v) is 6.31. The number of phenolic OH excluding ortho intramolecular Hbond substituents is 1. The Bertz CT molecular complexity index is 1010. The van der Waals surface area contributed by atoms with Crippen molar-refractivity contribution in [2.75, 3.05) is 27.9 Å². The molecule has 0 unspecified atom stereocenters. The van der Waals surface area contributed by atoms with Gasteiger partial charge >= 0.3 is 11.4 Å². The van der Waals surface area contributed by atoms with Crippen LogP contribution in [0.25, 0.3) is 0 Å². The van der Waals surface area contributed by atoms with Crippen LogP contribution < -0.4 is 19.5 Å². The van der Waals surface area contributed by atoms with Crippen molar-refractivity contribution in [1.29, 1.82) is 0 Å². The molecule has 0 bridgehead atoms. The summed E-state index contributed by atoms with van der Waals surface area (Å²) in [5, 5.41) is 43.5. The summed E-state index contributed by atoms with van der Waals surface area (Å²) in [6.07, 6.45) is 0.992. The van der Waals surface area contributed by atoms with E-state index in [9.17, 15) is 30.3 Å². The van der Waals surface area contributed by atoms with Crippen molar-refractivity contribution in [3.63, 3.8) is 0 Å². The Balaban J connectivity index is 0.000000227. The summed E-state index contributed by atoms with van der Waals surface area (Å²) >= 11 is 0. The Hall–Kier alpha value is -4.20. The summed E-state index contributed by atoms with van der Waals surface area (Å²) in [7, 11) is 4.93. The molecule has 1 aliphatic heterocycles. The average molecular weight is 452 g/mol. The quantitative estimate of drug-likeness (QED) is 0.483. The van der Waals surface area contributed by atoms with Gasteiger partial charge in [-0.2, -0.15) is 0 Å². The fourth-order valence-electron chi connectivity index (χ4n) is 3.09. The molecule has 14 heteroatoms. The van der Waals surface area contributed by atoms with Crippen molar-refractivity contribution in [3.05, 3.63) is 59.7 Å². The Kier molecular flexibility index (Phi) is 7.68. The van der Waals surface area contributed by atoms with Gasteiger partial charge in [0.25, 0.3) is 11.4 Å². The molecule has 1 aliphatic rings. The van der Waals surface area contributed by atoms with E-state index in [4.69, 9.17) is 19.3 Å². The van der Waals surface area contributed by atoms with E-state index in [1.165, 1.54) is 11.1 Å². The number of nitrogens with one attached hydrogen (secondary N) is 1. The van der Waals surface area contributed by atoms with E-state index >= 15 is 0 Å². The summed E-state index contributed by atoms with van der Waals surface area (Å²) in [4.78, 5) is 27.8. The van der Waals surface area contributed by atoms with Crippen LogP contribution in [-0.2, 0) is 13.0 Å². The number of nitrogens with zero attached hydrogens (tertiary/aromatic N) is 3. The van der Waals surface area contributed by atoms with Crippen LogP contribution in [0.15, 0.2) is 18.2 Å². The Morgan fingerprint density at radius 3 is 1.88 bits per heavy atom. The number of hydrogen-bond acceptors (Lipinski definition) is 11. The summed E-state index contributed by atoms with van der Waals surface area (Å²) < 4.78 is 16.1. The first-order valence-electron chi connectivity index (χ1n) is 8.97. The highest BCUT2D eigenvalue weighted by molar-refractivity contribution is 5.64. The van der Waals surface area contributed by atoms with Crippen LogP contribution >= 0.6 is 0 Å². The highest BCUT2D eigenvalue weighted by atomic mass is 16.6. The molecule has 0 aliphatic carbocycles. The van der Waals surface area contributed by atoms with Crippen LogP contribution in [0.4, 0.5) is 17.1 Å². The number of benzene rings is 2. The molecular weight excluding hydrogens is 432 g/mol. The van der Waals surface area contributed by atoms with E-state index < -0.39 is 37.6 Å². The van der Waals surface area contributed by atoms with Crippen LogP contribution in [-0.4, -0.2) is 47.8 Å². The van der Waals surface area contributed by atoms with Crippen molar-refractivity contribution >= 4 is 17.1 Å². The Morgan fingerprint density at radius 1 is 0.875 bits per heavy atom. The molecular formula is C18H20N4O10. The van der Waals surface area contributed by atoms with E-state index in [2.05, 4.69) is 5.32 Å². The fraction of sp³-hybridized carbons (Fsp3) is 0.333. The predicted molar refractivity (Wildman–Crippen MR) is 110 cm³/mol. The van der Waals surface area contributed by atoms with Gasteiger partial charge < -0.3 is 24.6 Å². The van der Waals surface area contributed by atoms with Crippen molar-refractivity contribution < 1.29 is 34.1 Å². The van der Waals surface area contributed by atoms with Gasteiger partial charge in [0.15, 0.2) is 11.5 Å². The van der Waals surface area contributed by atoms with Gasteiger partial charge in [0.1, 0.15) is 0 Å². The third-order valence-corrected chi connectivity index (χ3v) is 4.56. The molecule has 0 atom stereocenters. The van der Waals surface area contributed by atoms with Gasteiger partial charge in [0.2, 0.25) is 5.75 Å². The lowest BCUT2D eigenvalue weighted by Gasteiger charge is -2.23. The monoisotopic (exact) mass is 452 g/mol. The molecule has 172 valence electrons. The number of nitro groups is 3. The molecule has 0 amide bonds. The number of non-ortho nitro benzene ring substituents is 1. The first-order chi connectivity index (χ1) is 15.2. The normalized spacial score (nSPS) is 12.0. The lowest BCUT2D eigenvalue weighted by molar-refractivity contribution is -0.404. The van der Waals surface area contributed by atoms with Crippen LogP contribution in [0.3, 0.4) is 0 Å². The van der Waals surface area contributed by atoms with Gasteiger partial charge in [-0.05, 0) is 24.6 Å². The van der Waals surface area contributed by atoms with Gasteiger partial charge in [-0.3, -0.25) is 30.3 Å². The average Bonchev–Trinajstić information content (AvgIpc) is 2.77. The van der Waals surface area contributed by atoms with Crippen LogP contribution in [0, 0.1) is 30.3 Å².